The summed E-state index contributed by atoms with van der Waals surface area (Å²) in [6.45, 7) is 4.14. The summed E-state index contributed by atoms with van der Waals surface area (Å²) in [7, 11) is 0. The van der Waals surface area contributed by atoms with E-state index in [1.165, 1.54) is 11.3 Å². The summed E-state index contributed by atoms with van der Waals surface area (Å²) in [6, 6.07) is 10.4. The molecule has 0 aliphatic heterocycles. The number of benzene rings is 1. The van der Waals surface area contributed by atoms with Gasteiger partial charge in [-0.2, -0.15) is 5.10 Å². The molecule has 0 radical (unpaired) electrons. The zero-order chi connectivity index (χ0) is 14.2. The van der Waals surface area contributed by atoms with E-state index in [1.54, 1.807) is 0 Å². The van der Waals surface area contributed by atoms with E-state index in [1.807, 2.05) is 10.9 Å². The van der Waals surface area contributed by atoms with Gasteiger partial charge in [0.1, 0.15) is 0 Å². The molecule has 2 N–H and O–H groups in total. The molecule has 108 valence electrons. The number of rotatable bonds is 8. The van der Waals surface area contributed by atoms with E-state index in [-0.39, 0.29) is 6.61 Å². The second kappa shape index (κ2) is 7.70. The van der Waals surface area contributed by atoms with E-state index in [9.17, 15) is 0 Å². The van der Waals surface area contributed by atoms with Crippen molar-refractivity contribution in [2.24, 2.45) is 0 Å². The second-order valence-corrected chi connectivity index (χ2v) is 4.93. The van der Waals surface area contributed by atoms with Gasteiger partial charge in [0.15, 0.2) is 0 Å². The van der Waals surface area contributed by atoms with E-state index in [4.69, 9.17) is 5.11 Å². The molecule has 0 saturated heterocycles. The van der Waals surface area contributed by atoms with Gasteiger partial charge in [0.25, 0.3) is 0 Å². The van der Waals surface area contributed by atoms with E-state index < -0.39 is 0 Å². The summed E-state index contributed by atoms with van der Waals surface area (Å²) in [4.78, 5) is 0. The first-order valence-corrected chi connectivity index (χ1v) is 7.28. The normalized spacial score (nSPS) is 10.7. The van der Waals surface area contributed by atoms with Crippen LogP contribution in [0.3, 0.4) is 0 Å². The summed E-state index contributed by atoms with van der Waals surface area (Å²) < 4.78 is 2.04. The van der Waals surface area contributed by atoms with Crippen molar-refractivity contribution < 1.29 is 5.11 Å². The first kappa shape index (κ1) is 14.6. The third-order valence-electron chi connectivity index (χ3n) is 3.26. The van der Waals surface area contributed by atoms with Gasteiger partial charge < -0.3 is 10.4 Å². The molecule has 1 aromatic heterocycles. The van der Waals surface area contributed by atoms with Crippen LogP contribution in [-0.2, 0) is 19.5 Å². The zero-order valence-electron chi connectivity index (χ0n) is 12.0. The predicted molar refractivity (Wildman–Crippen MR) is 81.7 cm³/mol. The number of nitrogens with zero attached hydrogens (tertiary/aromatic N) is 2. The first-order chi connectivity index (χ1) is 9.83. The van der Waals surface area contributed by atoms with Crippen LogP contribution < -0.4 is 5.32 Å². The number of anilines is 1. The van der Waals surface area contributed by atoms with Gasteiger partial charge in [-0.25, -0.2) is 0 Å². The molecule has 4 heteroatoms. The van der Waals surface area contributed by atoms with Crippen LogP contribution in [0.1, 0.15) is 31.0 Å². The lowest BCUT2D eigenvalue weighted by Crippen LogP contribution is -2.09. The van der Waals surface area contributed by atoms with E-state index in [0.29, 0.717) is 0 Å². The maximum Gasteiger partial charge on any atom is 0.0575 e. The molecule has 0 fully saturated rings. The van der Waals surface area contributed by atoms with Crippen molar-refractivity contribution in [3.05, 3.63) is 47.8 Å². The number of aliphatic hydroxyl groups is 1. The fraction of sp³-hybridized carbons (Fsp3) is 0.438. The monoisotopic (exact) mass is 273 g/mol. The number of aliphatic hydroxyl groups excluding tert-OH is 1. The number of hydrogen-bond acceptors (Lipinski definition) is 3. The maximum absolute atomic E-state index is 8.88. The highest BCUT2D eigenvalue weighted by molar-refractivity contribution is 5.46. The third-order valence-corrected chi connectivity index (χ3v) is 3.26. The molecule has 20 heavy (non-hydrogen) atoms. The SMILES string of the molecule is CCCn1nccc1CNc1cccc(CCCO)c1. The predicted octanol–water partition coefficient (Wildman–Crippen LogP) is 2.83. The van der Waals surface area contributed by atoms with Crippen molar-refractivity contribution in [2.45, 2.75) is 39.3 Å². The van der Waals surface area contributed by atoms with Crippen LogP contribution in [-0.4, -0.2) is 21.5 Å². The summed E-state index contributed by atoms with van der Waals surface area (Å²) in [5.74, 6) is 0. The van der Waals surface area contributed by atoms with Crippen LogP contribution in [0.5, 0.6) is 0 Å². The Labute approximate surface area is 120 Å². The molecule has 1 aromatic carbocycles. The fourth-order valence-corrected chi connectivity index (χ4v) is 2.24. The lowest BCUT2D eigenvalue weighted by Gasteiger charge is -2.10. The molecule has 0 bridgehead atoms. The third kappa shape index (κ3) is 4.10. The average molecular weight is 273 g/mol. The van der Waals surface area contributed by atoms with Crippen molar-refractivity contribution >= 4 is 5.69 Å². The smallest absolute Gasteiger partial charge is 0.0575 e. The number of hydrogen-bond donors (Lipinski definition) is 2. The van der Waals surface area contributed by atoms with Gasteiger partial charge in [0, 0.05) is 25.0 Å². The van der Waals surface area contributed by atoms with Gasteiger partial charge in [-0.15, -0.1) is 0 Å². The molecule has 1 heterocycles. The molecule has 0 aliphatic rings. The quantitative estimate of drug-likeness (QED) is 0.777. The number of aryl methyl sites for hydroxylation is 2. The summed E-state index contributed by atoms with van der Waals surface area (Å²) in [5.41, 5.74) is 3.57. The fourth-order valence-electron chi connectivity index (χ4n) is 2.24. The molecular formula is C16H23N3O. The Balaban J connectivity index is 1.94. The minimum Gasteiger partial charge on any atom is -0.396 e. The molecule has 0 spiro atoms. The van der Waals surface area contributed by atoms with E-state index in [2.05, 4.69) is 47.7 Å². The molecular weight excluding hydrogens is 250 g/mol. The Morgan fingerprint density at radius 2 is 2.20 bits per heavy atom. The van der Waals surface area contributed by atoms with Gasteiger partial charge in [-0.1, -0.05) is 19.1 Å². The highest BCUT2D eigenvalue weighted by atomic mass is 16.2. The van der Waals surface area contributed by atoms with Crippen LogP contribution in [0.15, 0.2) is 36.5 Å². The molecule has 0 atom stereocenters. The van der Waals surface area contributed by atoms with Crippen LogP contribution in [0.4, 0.5) is 5.69 Å². The van der Waals surface area contributed by atoms with Crippen molar-refractivity contribution in [3.63, 3.8) is 0 Å². The molecule has 0 aliphatic carbocycles. The standard InChI is InChI=1S/C16H23N3O/c1-2-10-19-16(8-9-18-19)13-17-15-7-3-5-14(12-15)6-4-11-20/h3,5,7-9,12,17,20H,2,4,6,10-11,13H2,1H3. The van der Waals surface area contributed by atoms with Crippen molar-refractivity contribution in [2.75, 3.05) is 11.9 Å². The van der Waals surface area contributed by atoms with Gasteiger partial charge in [-0.3, -0.25) is 4.68 Å². The zero-order valence-corrected chi connectivity index (χ0v) is 12.0. The van der Waals surface area contributed by atoms with Gasteiger partial charge in [0.2, 0.25) is 0 Å². The number of aromatic nitrogens is 2. The Morgan fingerprint density at radius 3 is 3.00 bits per heavy atom. The van der Waals surface area contributed by atoms with Crippen molar-refractivity contribution in [1.29, 1.82) is 0 Å². The molecule has 2 rings (SSSR count). The van der Waals surface area contributed by atoms with Gasteiger partial charge in [0.05, 0.1) is 12.2 Å². The minimum atomic E-state index is 0.244. The summed E-state index contributed by atoms with van der Waals surface area (Å²) >= 11 is 0. The lowest BCUT2D eigenvalue weighted by atomic mass is 10.1. The maximum atomic E-state index is 8.88. The van der Waals surface area contributed by atoms with Crippen LogP contribution >= 0.6 is 0 Å². The summed E-state index contributed by atoms with van der Waals surface area (Å²) in [6.07, 6.45) is 4.67. The Bertz CT molecular complexity index is 522. The van der Waals surface area contributed by atoms with Crippen molar-refractivity contribution in [1.82, 2.24) is 9.78 Å². The molecule has 0 unspecified atom stereocenters. The Kier molecular flexibility index (Phi) is 5.62. The van der Waals surface area contributed by atoms with Crippen molar-refractivity contribution in [3.8, 4) is 0 Å². The van der Waals surface area contributed by atoms with Crippen LogP contribution in [0.2, 0.25) is 0 Å². The largest absolute Gasteiger partial charge is 0.396 e. The lowest BCUT2D eigenvalue weighted by molar-refractivity contribution is 0.288. The Hall–Kier alpha value is -1.81. The first-order valence-electron chi connectivity index (χ1n) is 7.28. The highest BCUT2D eigenvalue weighted by Crippen LogP contribution is 2.13. The molecule has 0 saturated carbocycles. The minimum absolute atomic E-state index is 0.244. The van der Waals surface area contributed by atoms with E-state index >= 15 is 0 Å². The van der Waals surface area contributed by atoms with Crippen LogP contribution in [0.25, 0.3) is 0 Å². The van der Waals surface area contributed by atoms with Gasteiger partial charge >= 0.3 is 0 Å². The Morgan fingerprint density at radius 1 is 1.30 bits per heavy atom. The highest BCUT2D eigenvalue weighted by Gasteiger charge is 2.02. The molecule has 0 amide bonds. The van der Waals surface area contributed by atoms with Gasteiger partial charge in [-0.05, 0) is 43.0 Å². The average Bonchev–Trinajstić information content (AvgIpc) is 2.91. The second-order valence-electron chi connectivity index (χ2n) is 4.93. The topological polar surface area (TPSA) is 50.1 Å². The molecule has 4 nitrogen and oxygen atoms in total. The number of nitrogens with one attached hydrogen (secondary N) is 1. The molecule has 2 aromatic rings. The van der Waals surface area contributed by atoms with Crippen LogP contribution in [0, 0.1) is 0 Å². The van der Waals surface area contributed by atoms with E-state index in [0.717, 1.165) is 38.0 Å². The summed E-state index contributed by atoms with van der Waals surface area (Å²) in [5, 5.41) is 16.6.